The van der Waals surface area contributed by atoms with E-state index in [4.69, 9.17) is 0 Å². The van der Waals surface area contributed by atoms with Crippen LogP contribution in [0.2, 0.25) is 0 Å². The third-order valence-corrected chi connectivity index (χ3v) is 4.76. The molecule has 1 aromatic rings. The summed E-state index contributed by atoms with van der Waals surface area (Å²) < 4.78 is 13.0. The monoisotopic (exact) mass is 349 g/mol. The molecule has 0 aromatic heterocycles. The van der Waals surface area contributed by atoms with Gasteiger partial charge in [-0.15, -0.1) is 0 Å². The first-order chi connectivity index (χ1) is 11.7. The number of carbonyl (C=O) groups is 1. The molecule has 1 aliphatic heterocycles. The van der Waals surface area contributed by atoms with Crippen molar-refractivity contribution in [1.82, 2.24) is 15.1 Å². The second kappa shape index (κ2) is 8.77. The molecule has 25 heavy (non-hydrogen) atoms. The lowest BCUT2D eigenvalue weighted by molar-refractivity contribution is -0.127. The molecule has 5 heteroatoms. The second-order valence-electron chi connectivity index (χ2n) is 8.30. The van der Waals surface area contributed by atoms with Crippen molar-refractivity contribution in [3.05, 3.63) is 35.6 Å². The molecule has 0 unspecified atom stereocenters. The maximum absolute atomic E-state index is 13.0. The van der Waals surface area contributed by atoms with Crippen LogP contribution in [0.5, 0.6) is 0 Å². The molecule has 0 bridgehead atoms. The van der Waals surface area contributed by atoms with Crippen molar-refractivity contribution >= 4 is 5.91 Å². The Morgan fingerprint density at radius 2 is 1.84 bits per heavy atom. The Balaban J connectivity index is 1.73. The minimum absolute atomic E-state index is 0.0719. The van der Waals surface area contributed by atoms with Crippen LogP contribution >= 0.6 is 0 Å². The third-order valence-electron chi connectivity index (χ3n) is 4.76. The van der Waals surface area contributed by atoms with E-state index in [1.54, 1.807) is 0 Å². The van der Waals surface area contributed by atoms with E-state index in [-0.39, 0.29) is 23.1 Å². The highest BCUT2D eigenvalue weighted by Crippen LogP contribution is 2.20. The summed E-state index contributed by atoms with van der Waals surface area (Å²) in [5.41, 5.74) is 1.19. The van der Waals surface area contributed by atoms with Crippen LogP contribution < -0.4 is 5.32 Å². The van der Waals surface area contributed by atoms with Gasteiger partial charge in [-0.05, 0) is 63.1 Å². The second-order valence-corrected chi connectivity index (χ2v) is 8.30. The van der Waals surface area contributed by atoms with E-state index in [0.717, 1.165) is 44.6 Å². The van der Waals surface area contributed by atoms with Gasteiger partial charge in [-0.25, -0.2) is 4.39 Å². The molecule has 0 saturated carbocycles. The van der Waals surface area contributed by atoms with E-state index in [0.29, 0.717) is 6.54 Å². The summed E-state index contributed by atoms with van der Waals surface area (Å²) in [6, 6.07) is 6.68. The first-order valence-corrected chi connectivity index (χ1v) is 9.14. The molecule has 1 amide bonds. The molecule has 0 aliphatic carbocycles. The number of carbonyl (C=O) groups excluding carboxylic acids is 1. The van der Waals surface area contributed by atoms with E-state index in [9.17, 15) is 9.18 Å². The van der Waals surface area contributed by atoms with Crippen LogP contribution in [0.15, 0.2) is 24.3 Å². The standard InChI is InChI=1S/C20H32FN3O/c1-20(2,15-23(3)4)14-22-19(25)17-9-11-24(12-10-17)13-16-5-7-18(21)8-6-16/h5-8,17H,9-15H2,1-4H3,(H,22,25). The van der Waals surface area contributed by atoms with Crippen LogP contribution in [-0.2, 0) is 11.3 Å². The van der Waals surface area contributed by atoms with E-state index in [1.165, 1.54) is 12.1 Å². The van der Waals surface area contributed by atoms with Crippen LogP contribution in [0.25, 0.3) is 0 Å². The molecule has 0 spiro atoms. The lowest BCUT2D eigenvalue weighted by atomic mass is 9.91. The fourth-order valence-corrected chi connectivity index (χ4v) is 3.58. The van der Waals surface area contributed by atoms with Crippen molar-refractivity contribution in [2.24, 2.45) is 11.3 Å². The molecule has 1 saturated heterocycles. The number of amides is 1. The zero-order chi connectivity index (χ0) is 18.4. The number of benzene rings is 1. The van der Waals surface area contributed by atoms with Gasteiger partial charge in [-0.2, -0.15) is 0 Å². The Morgan fingerprint density at radius 1 is 1.24 bits per heavy atom. The lowest BCUT2D eigenvalue weighted by Crippen LogP contribution is -2.44. The summed E-state index contributed by atoms with van der Waals surface area (Å²) in [4.78, 5) is 16.9. The molecule has 1 aromatic carbocycles. The predicted octanol–water partition coefficient (Wildman–Crippen LogP) is 2.74. The summed E-state index contributed by atoms with van der Waals surface area (Å²) in [5, 5.41) is 3.14. The summed E-state index contributed by atoms with van der Waals surface area (Å²) in [6.45, 7) is 8.66. The molecule has 1 N–H and O–H groups in total. The number of hydrogen-bond acceptors (Lipinski definition) is 3. The molecule has 1 fully saturated rings. The zero-order valence-corrected chi connectivity index (χ0v) is 16.0. The van der Waals surface area contributed by atoms with Crippen molar-refractivity contribution < 1.29 is 9.18 Å². The number of halogens is 1. The molecule has 0 radical (unpaired) electrons. The fraction of sp³-hybridized carbons (Fsp3) is 0.650. The van der Waals surface area contributed by atoms with Crippen LogP contribution in [0.4, 0.5) is 4.39 Å². The maximum atomic E-state index is 13.0. The third kappa shape index (κ3) is 6.75. The Labute approximate surface area is 151 Å². The zero-order valence-electron chi connectivity index (χ0n) is 16.0. The summed E-state index contributed by atoms with van der Waals surface area (Å²) in [5.74, 6) is 0.101. The molecular formula is C20H32FN3O. The van der Waals surface area contributed by atoms with Crippen LogP contribution in [0, 0.1) is 17.2 Å². The molecule has 2 rings (SSSR count). The van der Waals surface area contributed by atoms with Gasteiger partial charge in [-0.1, -0.05) is 26.0 Å². The first kappa shape index (κ1) is 19.9. The SMILES string of the molecule is CN(C)CC(C)(C)CNC(=O)C1CCN(Cc2ccc(F)cc2)CC1. The smallest absolute Gasteiger partial charge is 0.223 e. The van der Waals surface area contributed by atoms with Gasteiger partial charge < -0.3 is 10.2 Å². The van der Waals surface area contributed by atoms with E-state index in [1.807, 2.05) is 12.1 Å². The van der Waals surface area contributed by atoms with Crippen LogP contribution in [0.1, 0.15) is 32.3 Å². The molecule has 4 nitrogen and oxygen atoms in total. The highest BCUT2D eigenvalue weighted by molar-refractivity contribution is 5.78. The lowest BCUT2D eigenvalue weighted by Gasteiger charge is -2.33. The van der Waals surface area contributed by atoms with Crippen molar-refractivity contribution in [1.29, 1.82) is 0 Å². The topological polar surface area (TPSA) is 35.6 Å². The van der Waals surface area contributed by atoms with Gasteiger partial charge in [0.05, 0.1) is 0 Å². The van der Waals surface area contributed by atoms with Gasteiger partial charge in [0.25, 0.3) is 0 Å². The quantitative estimate of drug-likeness (QED) is 0.822. The average molecular weight is 349 g/mol. The highest BCUT2D eigenvalue weighted by Gasteiger charge is 2.27. The maximum Gasteiger partial charge on any atom is 0.223 e. The van der Waals surface area contributed by atoms with Gasteiger partial charge in [0.2, 0.25) is 5.91 Å². The number of likely N-dealkylation sites (tertiary alicyclic amines) is 1. The average Bonchev–Trinajstić information content (AvgIpc) is 2.54. The fourth-order valence-electron chi connectivity index (χ4n) is 3.58. The van der Waals surface area contributed by atoms with Gasteiger partial charge >= 0.3 is 0 Å². The van der Waals surface area contributed by atoms with Crippen molar-refractivity contribution in [3.8, 4) is 0 Å². The normalized spacial score (nSPS) is 17.0. The van der Waals surface area contributed by atoms with Gasteiger partial charge in [0.15, 0.2) is 0 Å². The summed E-state index contributed by atoms with van der Waals surface area (Å²) in [7, 11) is 4.11. The first-order valence-electron chi connectivity index (χ1n) is 9.14. The minimum Gasteiger partial charge on any atom is -0.355 e. The molecule has 0 atom stereocenters. The molecular weight excluding hydrogens is 317 g/mol. The molecule has 140 valence electrons. The van der Waals surface area contributed by atoms with Crippen molar-refractivity contribution in [2.45, 2.75) is 33.2 Å². The van der Waals surface area contributed by atoms with Crippen LogP contribution in [0.3, 0.4) is 0 Å². The molecule has 1 heterocycles. The van der Waals surface area contributed by atoms with Gasteiger partial charge in [0.1, 0.15) is 5.82 Å². The number of rotatable bonds is 7. The van der Waals surface area contributed by atoms with Crippen molar-refractivity contribution in [2.75, 3.05) is 40.3 Å². The number of nitrogens with zero attached hydrogens (tertiary/aromatic N) is 2. The Bertz CT molecular complexity index is 549. The minimum atomic E-state index is -0.198. The van der Waals surface area contributed by atoms with Crippen LogP contribution in [-0.4, -0.2) is 56.0 Å². The molecule has 1 aliphatic rings. The summed E-state index contributed by atoms with van der Waals surface area (Å²) in [6.07, 6.45) is 1.78. The van der Waals surface area contributed by atoms with Gasteiger partial charge in [0, 0.05) is 25.6 Å². The predicted molar refractivity (Wildman–Crippen MR) is 99.7 cm³/mol. The number of piperidine rings is 1. The van der Waals surface area contributed by atoms with Gasteiger partial charge in [-0.3, -0.25) is 9.69 Å². The largest absolute Gasteiger partial charge is 0.355 e. The van der Waals surface area contributed by atoms with E-state index >= 15 is 0 Å². The van der Waals surface area contributed by atoms with E-state index in [2.05, 4.69) is 43.1 Å². The Hall–Kier alpha value is -1.46. The highest BCUT2D eigenvalue weighted by atomic mass is 19.1. The number of hydrogen-bond donors (Lipinski definition) is 1. The Kier molecular flexibility index (Phi) is 6.96. The van der Waals surface area contributed by atoms with E-state index < -0.39 is 0 Å². The number of nitrogens with one attached hydrogen (secondary N) is 1. The summed E-state index contributed by atoms with van der Waals surface area (Å²) >= 11 is 0. The Morgan fingerprint density at radius 3 is 2.40 bits per heavy atom. The van der Waals surface area contributed by atoms with Crippen molar-refractivity contribution in [3.63, 3.8) is 0 Å².